The molecule has 0 radical (unpaired) electrons. The summed E-state index contributed by atoms with van der Waals surface area (Å²) in [4.78, 5) is 12.5. The monoisotopic (exact) mass is 375 g/mol. The third-order valence-corrected chi connectivity index (χ3v) is 6.14. The number of carbonyl (C=O) groups excluding carboxylic acids is 1. The number of sulfonamides is 1. The normalized spacial score (nSPS) is 18.7. The van der Waals surface area contributed by atoms with Crippen molar-refractivity contribution in [3.8, 4) is 0 Å². The summed E-state index contributed by atoms with van der Waals surface area (Å²) >= 11 is 0. The predicted octanol–water partition coefficient (Wildman–Crippen LogP) is 1.15. The molecular weight excluding hydrogens is 350 g/mol. The van der Waals surface area contributed by atoms with Crippen molar-refractivity contribution in [2.45, 2.75) is 31.1 Å². The molecule has 2 rings (SSSR count). The molecule has 1 heterocycles. The van der Waals surface area contributed by atoms with Crippen LogP contribution in [-0.4, -0.2) is 44.8 Å². The molecule has 1 unspecified atom stereocenters. The fourth-order valence-electron chi connectivity index (χ4n) is 2.90. The number of nitrogens with zero attached hydrogens (tertiary/aromatic N) is 1. The van der Waals surface area contributed by atoms with Crippen molar-refractivity contribution in [1.82, 2.24) is 9.62 Å². The molecule has 3 N–H and O–H groups in total. The minimum atomic E-state index is -3.56. The van der Waals surface area contributed by atoms with Crippen LogP contribution in [0.3, 0.4) is 0 Å². The van der Waals surface area contributed by atoms with Gasteiger partial charge in [0.05, 0.1) is 10.8 Å². The van der Waals surface area contributed by atoms with Crippen LogP contribution in [-0.2, 0) is 21.2 Å². The van der Waals surface area contributed by atoms with E-state index in [0.717, 1.165) is 5.56 Å². The molecule has 1 aliphatic rings. The zero-order valence-corrected chi connectivity index (χ0v) is 15.5. The van der Waals surface area contributed by atoms with Gasteiger partial charge in [-0.05, 0) is 30.9 Å². The minimum Gasteiger partial charge on any atom is -0.355 e. The number of nitrogens with one attached hydrogen (secondary N) is 1. The molecule has 0 bridgehead atoms. The van der Waals surface area contributed by atoms with E-state index in [0.29, 0.717) is 43.8 Å². The number of benzene rings is 1. The summed E-state index contributed by atoms with van der Waals surface area (Å²) in [5.41, 5.74) is 6.20. The molecule has 0 aliphatic carbocycles. The van der Waals surface area contributed by atoms with Crippen molar-refractivity contribution >= 4 is 28.3 Å². The highest BCUT2D eigenvalue weighted by Crippen LogP contribution is 2.26. The molecular formula is C16H26ClN3O3S. The fourth-order valence-corrected chi connectivity index (χ4v) is 4.72. The summed E-state index contributed by atoms with van der Waals surface area (Å²) in [5, 5.41) is 2.75. The molecule has 8 heteroatoms. The topological polar surface area (TPSA) is 92.5 Å². The first kappa shape index (κ1) is 20.9. The number of nitrogens with two attached hydrogens (primary N) is 1. The van der Waals surface area contributed by atoms with E-state index >= 15 is 0 Å². The van der Waals surface area contributed by atoms with Gasteiger partial charge < -0.3 is 11.1 Å². The highest BCUT2D eigenvalue weighted by molar-refractivity contribution is 7.89. The number of hydrogen-bond donors (Lipinski definition) is 2. The van der Waals surface area contributed by atoms with E-state index in [1.165, 1.54) is 4.31 Å². The van der Waals surface area contributed by atoms with E-state index in [1.54, 1.807) is 12.1 Å². The quantitative estimate of drug-likeness (QED) is 0.780. The first-order chi connectivity index (χ1) is 11.0. The Balaban J connectivity index is 0.00000288. The van der Waals surface area contributed by atoms with Crippen molar-refractivity contribution < 1.29 is 13.2 Å². The Hall–Kier alpha value is -1.15. The second kappa shape index (κ2) is 9.36. The lowest BCUT2D eigenvalue weighted by molar-refractivity contribution is -0.126. The molecule has 1 aromatic carbocycles. The van der Waals surface area contributed by atoms with Gasteiger partial charge in [-0.2, -0.15) is 4.31 Å². The molecule has 0 aromatic heterocycles. The van der Waals surface area contributed by atoms with Crippen molar-refractivity contribution in [3.05, 3.63) is 29.8 Å². The van der Waals surface area contributed by atoms with Gasteiger partial charge in [0.15, 0.2) is 0 Å². The van der Waals surface area contributed by atoms with Gasteiger partial charge in [0.2, 0.25) is 15.9 Å². The maximum Gasteiger partial charge on any atom is 0.243 e. The van der Waals surface area contributed by atoms with Gasteiger partial charge in [0.25, 0.3) is 0 Å². The maximum atomic E-state index is 12.9. The average molecular weight is 376 g/mol. The molecule has 1 fully saturated rings. The molecule has 1 amide bonds. The van der Waals surface area contributed by atoms with Crippen molar-refractivity contribution in [3.63, 3.8) is 0 Å². The molecule has 1 saturated heterocycles. The molecule has 1 atom stereocenters. The van der Waals surface area contributed by atoms with Crippen LogP contribution in [0, 0.1) is 5.92 Å². The van der Waals surface area contributed by atoms with Gasteiger partial charge in [0, 0.05) is 26.2 Å². The summed E-state index contributed by atoms with van der Waals surface area (Å²) in [5.74, 6) is -0.419. The summed E-state index contributed by atoms with van der Waals surface area (Å²) in [7, 11) is -3.56. The fraction of sp³-hybridized carbons (Fsp3) is 0.562. The second-order valence-corrected chi connectivity index (χ2v) is 7.65. The molecule has 136 valence electrons. The molecule has 24 heavy (non-hydrogen) atoms. The summed E-state index contributed by atoms with van der Waals surface area (Å²) in [6, 6.07) is 7.06. The number of carbonyl (C=O) groups is 1. The highest BCUT2D eigenvalue weighted by atomic mass is 35.5. The maximum absolute atomic E-state index is 12.9. The minimum absolute atomic E-state index is 0. The number of halogens is 1. The molecule has 6 nitrogen and oxygen atoms in total. The Morgan fingerprint density at radius 2 is 2.08 bits per heavy atom. The van der Waals surface area contributed by atoms with E-state index in [-0.39, 0.29) is 30.8 Å². The largest absolute Gasteiger partial charge is 0.355 e. The number of aryl methyl sites for hydroxylation is 1. The zero-order chi connectivity index (χ0) is 16.9. The Kier molecular flexibility index (Phi) is 8.15. The van der Waals surface area contributed by atoms with E-state index in [9.17, 15) is 13.2 Å². The van der Waals surface area contributed by atoms with Crippen LogP contribution in [0.25, 0.3) is 0 Å². The SMILES string of the molecule is CCc1ccccc1S(=O)(=O)N1CCCC(C(=O)NCCN)C1.Cl. The summed E-state index contributed by atoms with van der Waals surface area (Å²) in [6.45, 7) is 3.43. The molecule has 1 aromatic rings. The Morgan fingerprint density at radius 3 is 2.75 bits per heavy atom. The number of hydrogen-bond acceptors (Lipinski definition) is 4. The van der Waals surface area contributed by atoms with Crippen molar-refractivity contribution in [1.29, 1.82) is 0 Å². The van der Waals surface area contributed by atoms with Gasteiger partial charge in [-0.3, -0.25) is 4.79 Å². The van der Waals surface area contributed by atoms with Crippen LogP contribution in [0.15, 0.2) is 29.2 Å². The summed E-state index contributed by atoms with van der Waals surface area (Å²) < 4.78 is 27.3. The standard InChI is InChI=1S/C16H25N3O3S.ClH/c1-2-13-6-3-4-8-15(13)23(21,22)19-11-5-7-14(12-19)16(20)18-10-9-17;/h3-4,6,8,14H,2,5,7,9-12,17H2,1H3,(H,18,20);1H. The Bertz CT molecular complexity index is 652. The van der Waals surface area contributed by atoms with Crippen LogP contribution < -0.4 is 11.1 Å². The van der Waals surface area contributed by atoms with Crippen LogP contribution in [0.4, 0.5) is 0 Å². The van der Waals surface area contributed by atoms with E-state index < -0.39 is 10.0 Å². The van der Waals surface area contributed by atoms with E-state index in [1.807, 2.05) is 19.1 Å². The van der Waals surface area contributed by atoms with Crippen molar-refractivity contribution in [2.75, 3.05) is 26.2 Å². The third kappa shape index (κ3) is 4.69. The van der Waals surface area contributed by atoms with Gasteiger partial charge in [-0.1, -0.05) is 25.1 Å². The lowest BCUT2D eigenvalue weighted by atomic mass is 9.99. The van der Waals surface area contributed by atoms with Crippen LogP contribution in [0.1, 0.15) is 25.3 Å². The van der Waals surface area contributed by atoms with Gasteiger partial charge in [-0.25, -0.2) is 8.42 Å². The van der Waals surface area contributed by atoms with E-state index in [2.05, 4.69) is 5.32 Å². The zero-order valence-electron chi connectivity index (χ0n) is 13.9. The number of piperidine rings is 1. The van der Waals surface area contributed by atoms with Gasteiger partial charge in [0.1, 0.15) is 0 Å². The molecule has 1 aliphatic heterocycles. The first-order valence-corrected chi connectivity index (χ1v) is 9.50. The van der Waals surface area contributed by atoms with Crippen LogP contribution in [0.2, 0.25) is 0 Å². The number of rotatable bonds is 6. The highest BCUT2D eigenvalue weighted by Gasteiger charge is 2.33. The van der Waals surface area contributed by atoms with E-state index in [4.69, 9.17) is 5.73 Å². The third-order valence-electron chi connectivity index (χ3n) is 4.17. The van der Waals surface area contributed by atoms with Gasteiger partial charge in [-0.15, -0.1) is 12.4 Å². The summed E-state index contributed by atoms with van der Waals surface area (Å²) in [6.07, 6.45) is 2.05. The average Bonchev–Trinajstić information content (AvgIpc) is 2.59. The van der Waals surface area contributed by atoms with Gasteiger partial charge >= 0.3 is 0 Å². The van der Waals surface area contributed by atoms with Crippen LogP contribution >= 0.6 is 12.4 Å². The van der Waals surface area contributed by atoms with Crippen molar-refractivity contribution in [2.24, 2.45) is 11.7 Å². The molecule has 0 saturated carbocycles. The van der Waals surface area contributed by atoms with Crippen LogP contribution in [0.5, 0.6) is 0 Å². The first-order valence-electron chi connectivity index (χ1n) is 8.06. The smallest absolute Gasteiger partial charge is 0.243 e. The lowest BCUT2D eigenvalue weighted by Gasteiger charge is -2.31. The Morgan fingerprint density at radius 1 is 1.38 bits per heavy atom. The number of amides is 1. The predicted molar refractivity (Wildman–Crippen MR) is 96.6 cm³/mol. The Labute approximate surface area is 150 Å². The molecule has 0 spiro atoms. The lowest BCUT2D eigenvalue weighted by Crippen LogP contribution is -2.46. The second-order valence-electron chi connectivity index (χ2n) is 5.74.